The summed E-state index contributed by atoms with van der Waals surface area (Å²) in [6, 6.07) is 9.04. The molecule has 0 aliphatic rings. The summed E-state index contributed by atoms with van der Waals surface area (Å²) in [5, 5.41) is 18.3. The van der Waals surface area contributed by atoms with Crippen molar-refractivity contribution < 1.29 is 15.0 Å². The Labute approximate surface area is 88.7 Å². The maximum atomic E-state index is 10.7. The van der Waals surface area contributed by atoms with Crippen LogP contribution in [0.25, 0.3) is 5.57 Å². The van der Waals surface area contributed by atoms with Crippen LogP contribution in [-0.4, -0.2) is 22.3 Å². The quantitative estimate of drug-likeness (QED) is 0.791. The lowest BCUT2D eigenvalue weighted by Crippen LogP contribution is -2.21. The van der Waals surface area contributed by atoms with E-state index < -0.39 is 12.1 Å². The van der Waals surface area contributed by atoms with Gasteiger partial charge in [0.05, 0.1) is 0 Å². The molecule has 1 aromatic carbocycles. The van der Waals surface area contributed by atoms with Gasteiger partial charge in [0.25, 0.3) is 0 Å². The third-order valence-corrected chi connectivity index (χ3v) is 2.06. The van der Waals surface area contributed by atoms with Crippen molar-refractivity contribution in [3.8, 4) is 0 Å². The zero-order chi connectivity index (χ0) is 11.3. The van der Waals surface area contributed by atoms with Crippen LogP contribution in [0.2, 0.25) is 0 Å². The standard InChI is InChI=1S/C12H14O3/c1-2-6-10(11(13)12(14)15)9-7-4-3-5-8-9/h3-8,11,13H,2H2,1H3,(H,14,15). The molecule has 0 amide bonds. The van der Waals surface area contributed by atoms with Crippen LogP contribution in [0, 0.1) is 0 Å². The highest BCUT2D eigenvalue weighted by atomic mass is 16.4. The number of carboxylic acid groups (broad SMARTS) is 1. The lowest BCUT2D eigenvalue weighted by Gasteiger charge is -2.11. The fraction of sp³-hybridized carbons (Fsp3) is 0.250. The summed E-state index contributed by atoms with van der Waals surface area (Å²) in [6.07, 6.45) is 0.968. The van der Waals surface area contributed by atoms with Crippen LogP contribution in [-0.2, 0) is 4.79 Å². The molecule has 0 aromatic heterocycles. The molecular formula is C12H14O3. The SMILES string of the molecule is CCC=C(c1ccccc1)C(O)C(=O)O. The van der Waals surface area contributed by atoms with Gasteiger partial charge in [0.15, 0.2) is 6.10 Å². The number of carbonyl (C=O) groups is 1. The molecule has 0 spiro atoms. The molecule has 0 aliphatic carbocycles. The summed E-state index contributed by atoms with van der Waals surface area (Å²) in [4.78, 5) is 10.7. The molecule has 0 bridgehead atoms. The zero-order valence-electron chi connectivity index (χ0n) is 8.55. The maximum Gasteiger partial charge on any atom is 0.337 e. The fourth-order valence-corrected chi connectivity index (χ4v) is 1.37. The van der Waals surface area contributed by atoms with Gasteiger partial charge < -0.3 is 10.2 Å². The molecule has 1 rings (SSSR count). The molecular weight excluding hydrogens is 192 g/mol. The zero-order valence-corrected chi connectivity index (χ0v) is 8.55. The lowest BCUT2D eigenvalue weighted by molar-refractivity contribution is -0.143. The molecule has 80 valence electrons. The van der Waals surface area contributed by atoms with Gasteiger partial charge in [0.2, 0.25) is 0 Å². The first-order valence-electron chi connectivity index (χ1n) is 4.83. The van der Waals surface area contributed by atoms with Crippen molar-refractivity contribution in [2.75, 3.05) is 0 Å². The number of benzene rings is 1. The normalized spacial score (nSPS) is 13.6. The van der Waals surface area contributed by atoms with Gasteiger partial charge in [-0.3, -0.25) is 0 Å². The minimum atomic E-state index is -1.45. The van der Waals surface area contributed by atoms with E-state index in [2.05, 4.69) is 0 Å². The molecule has 0 radical (unpaired) electrons. The Balaban J connectivity index is 3.05. The molecule has 15 heavy (non-hydrogen) atoms. The summed E-state index contributed by atoms with van der Waals surface area (Å²) in [5.41, 5.74) is 1.19. The topological polar surface area (TPSA) is 57.5 Å². The molecule has 0 aliphatic heterocycles. The van der Waals surface area contributed by atoms with Crippen molar-refractivity contribution in [1.29, 1.82) is 0 Å². The third kappa shape index (κ3) is 2.92. The van der Waals surface area contributed by atoms with Gasteiger partial charge in [-0.1, -0.05) is 43.3 Å². The van der Waals surface area contributed by atoms with E-state index in [1.165, 1.54) is 0 Å². The van der Waals surface area contributed by atoms with Gasteiger partial charge in [0, 0.05) is 0 Å². The molecule has 1 atom stereocenters. The molecule has 0 fully saturated rings. The average molecular weight is 206 g/mol. The van der Waals surface area contributed by atoms with E-state index in [9.17, 15) is 9.90 Å². The van der Waals surface area contributed by atoms with Crippen molar-refractivity contribution in [2.24, 2.45) is 0 Å². The molecule has 2 N–H and O–H groups in total. The van der Waals surface area contributed by atoms with Crippen molar-refractivity contribution in [2.45, 2.75) is 19.4 Å². The van der Waals surface area contributed by atoms with Crippen LogP contribution >= 0.6 is 0 Å². The highest BCUT2D eigenvalue weighted by Crippen LogP contribution is 2.19. The first-order valence-corrected chi connectivity index (χ1v) is 4.83. The van der Waals surface area contributed by atoms with Gasteiger partial charge >= 0.3 is 5.97 Å². The summed E-state index contributed by atoms with van der Waals surface area (Å²) in [5.74, 6) is -1.22. The maximum absolute atomic E-state index is 10.7. The molecule has 0 saturated heterocycles. The van der Waals surface area contributed by atoms with Crippen LogP contribution in [0.4, 0.5) is 0 Å². The number of hydrogen-bond acceptors (Lipinski definition) is 2. The second-order valence-electron chi connectivity index (χ2n) is 3.17. The monoisotopic (exact) mass is 206 g/mol. The Hall–Kier alpha value is -1.61. The Kier molecular flexibility index (Phi) is 4.06. The number of aliphatic hydroxyl groups excluding tert-OH is 1. The van der Waals surface area contributed by atoms with E-state index in [4.69, 9.17) is 5.11 Å². The predicted molar refractivity (Wildman–Crippen MR) is 58.4 cm³/mol. The molecule has 0 heterocycles. The second-order valence-corrected chi connectivity index (χ2v) is 3.17. The molecule has 1 aromatic rings. The molecule has 1 unspecified atom stereocenters. The summed E-state index contributed by atoms with van der Waals surface area (Å²) in [7, 11) is 0. The van der Waals surface area contributed by atoms with Gasteiger partial charge in [-0.25, -0.2) is 4.79 Å². The Bertz CT molecular complexity index is 354. The summed E-state index contributed by atoms with van der Waals surface area (Å²) in [6.45, 7) is 1.90. The van der Waals surface area contributed by atoms with Crippen molar-refractivity contribution in [1.82, 2.24) is 0 Å². The van der Waals surface area contributed by atoms with E-state index in [-0.39, 0.29) is 0 Å². The Morgan fingerprint density at radius 1 is 1.40 bits per heavy atom. The Morgan fingerprint density at radius 2 is 2.00 bits per heavy atom. The minimum absolute atomic E-state index is 0.450. The van der Waals surface area contributed by atoms with E-state index in [1.54, 1.807) is 18.2 Å². The average Bonchev–Trinajstić information content (AvgIpc) is 2.26. The van der Waals surface area contributed by atoms with E-state index in [0.29, 0.717) is 12.0 Å². The van der Waals surface area contributed by atoms with Crippen LogP contribution in [0.1, 0.15) is 18.9 Å². The highest BCUT2D eigenvalue weighted by molar-refractivity contribution is 5.89. The number of aliphatic carboxylic acids is 1. The highest BCUT2D eigenvalue weighted by Gasteiger charge is 2.19. The first-order chi connectivity index (χ1) is 7.16. The van der Waals surface area contributed by atoms with Crippen molar-refractivity contribution >= 4 is 11.5 Å². The minimum Gasteiger partial charge on any atom is -0.479 e. The lowest BCUT2D eigenvalue weighted by atomic mass is 9.99. The van der Waals surface area contributed by atoms with Gasteiger partial charge in [-0.15, -0.1) is 0 Å². The first kappa shape index (κ1) is 11.5. The molecule has 3 heteroatoms. The summed E-state index contributed by atoms with van der Waals surface area (Å²) < 4.78 is 0. The van der Waals surface area contributed by atoms with Crippen molar-refractivity contribution in [3.05, 3.63) is 42.0 Å². The van der Waals surface area contributed by atoms with Crippen LogP contribution in [0.3, 0.4) is 0 Å². The number of rotatable bonds is 4. The fourth-order valence-electron chi connectivity index (χ4n) is 1.37. The number of hydrogen-bond donors (Lipinski definition) is 2. The number of aliphatic hydroxyl groups is 1. The van der Waals surface area contributed by atoms with Crippen LogP contribution < -0.4 is 0 Å². The number of carboxylic acids is 1. The smallest absolute Gasteiger partial charge is 0.337 e. The largest absolute Gasteiger partial charge is 0.479 e. The van der Waals surface area contributed by atoms with E-state index >= 15 is 0 Å². The van der Waals surface area contributed by atoms with Crippen LogP contribution in [0.15, 0.2) is 36.4 Å². The Morgan fingerprint density at radius 3 is 2.47 bits per heavy atom. The van der Waals surface area contributed by atoms with Crippen molar-refractivity contribution in [3.63, 3.8) is 0 Å². The van der Waals surface area contributed by atoms with Gasteiger partial charge in [-0.05, 0) is 17.6 Å². The van der Waals surface area contributed by atoms with Crippen LogP contribution in [0.5, 0.6) is 0 Å². The van der Waals surface area contributed by atoms with E-state index in [1.807, 2.05) is 25.1 Å². The summed E-state index contributed by atoms with van der Waals surface area (Å²) >= 11 is 0. The molecule has 0 saturated carbocycles. The molecule has 3 nitrogen and oxygen atoms in total. The number of allylic oxidation sites excluding steroid dienone is 1. The van der Waals surface area contributed by atoms with Gasteiger partial charge in [0.1, 0.15) is 0 Å². The van der Waals surface area contributed by atoms with E-state index in [0.717, 1.165) is 5.56 Å². The van der Waals surface area contributed by atoms with Gasteiger partial charge in [-0.2, -0.15) is 0 Å². The third-order valence-electron chi connectivity index (χ3n) is 2.06. The second kappa shape index (κ2) is 5.32. The predicted octanol–water partition coefficient (Wildman–Crippen LogP) is 1.93.